The van der Waals surface area contributed by atoms with Gasteiger partial charge in [-0.3, -0.25) is 0 Å². The molecule has 0 aliphatic heterocycles. The second-order valence-electron chi connectivity index (χ2n) is 9.32. The van der Waals surface area contributed by atoms with Crippen LogP contribution in [0.1, 0.15) is 51.3 Å². The van der Waals surface area contributed by atoms with Crippen molar-refractivity contribution in [3.63, 3.8) is 0 Å². The highest BCUT2D eigenvalue weighted by Crippen LogP contribution is 2.43. The lowest BCUT2D eigenvalue weighted by molar-refractivity contribution is 0.128. The summed E-state index contributed by atoms with van der Waals surface area (Å²) >= 11 is 0. The zero-order chi connectivity index (χ0) is 22.4. The maximum Gasteiger partial charge on any atom is 0.192 e. The highest BCUT2D eigenvalue weighted by molar-refractivity contribution is 6.74. The van der Waals surface area contributed by atoms with E-state index in [1.165, 1.54) is 0 Å². The van der Waals surface area contributed by atoms with E-state index in [0.717, 1.165) is 11.1 Å². The van der Waals surface area contributed by atoms with Crippen LogP contribution < -0.4 is 9.47 Å². The zero-order valence-corrected chi connectivity index (χ0v) is 20.4. The Morgan fingerprint density at radius 2 is 1.70 bits per heavy atom. The number of hydrogen-bond acceptors (Lipinski definition) is 4. The molecule has 2 aromatic carbocycles. The normalized spacial score (nSPS) is 13.9. The van der Waals surface area contributed by atoms with Crippen molar-refractivity contribution in [2.24, 2.45) is 5.92 Å². The SMILES string of the molecule is COc1cc([C@@H](O[Si](C)(C)C(C)(C)C)[C@H](C)CC#N)ccc1OCc1ccccc1. The Morgan fingerprint density at radius 3 is 2.27 bits per heavy atom. The second-order valence-corrected chi connectivity index (χ2v) is 14.1. The highest BCUT2D eigenvalue weighted by Gasteiger charge is 2.40. The third-order valence-corrected chi connectivity index (χ3v) is 10.4. The number of methoxy groups -OCH3 is 1. The minimum absolute atomic E-state index is 0.0740. The zero-order valence-electron chi connectivity index (χ0n) is 19.4. The average Bonchev–Trinajstić information content (AvgIpc) is 2.70. The summed E-state index contributed by atoms with van der Waals surface area (Å²) in [7, 11) is -0.375. The minimum atomic E-state index is -2.02. The van der Waals surface area contributed by atoms with Crippen LogP contribution in [0.15, 0.2) is 48.5 Å². The summed E-state index contributed by atoms with van der Waals surface area (Å²) in [5, 5.41) is 9.36. The minimum Gasteiger partial charge on any atom is -0.493 e. The Balaban J connectivity index is 2.30. The summed E-state index contributed by atoms with van der Waals surface area (Å²) in [6, 6.07) is 18.3. The summed E-state index contributed by atoms with van der Waals surface area (Å²) in [6.07, 6.45) is 0.274. The van der Waals surface area contributed by atoms with Crippen molar-refractivity contribution >= 4 is 8.32 Å². The third kappa shape index (κ3) is 6.10. The average molecular weight is 426 g/mol. The fourth-order valence-electron chi connectivity index (χ4n) is 2.97. The fraction of sp³-hybridized carbons (Fsp3) is 0.480. The molecule has 0 aliphatic carbocycles. The molecule has 162 valence electrons. The maximum absolute atomic E-state index is 9.27. The van der Waals surface area contributed by atoms with E-state index in [-0.39, 0.29) is 17.1 Å². The molecule has 2 aromatic rings. The monoisotopic (exact) mass is 425 g/mol. The Kier molecular flexibility index (Phi) is 8.11. The number of benzene rings is 2. The number of ether oxygens (including phenoxy) is 2. The van der Waals surface area contributed by atoms with Crippen LogP contribution in [0.4, 0.5) is 0 Å². The van der Waals surface area contributed by atoms with Crippen LogP contribution in [-0.4, -0.2) is 15.4 Å². The molecule has 2 atom stereocenters. The van der Waals surface area contributed by atoms with Crippen LogP contribution in [0.5, 0.6) is 11.5 Å². The van der Waals surface area contributed by atoms with Gasteiger partial charge >= 0.3 is 0 Å². The van der Waals surface area contributed by atoms with E-state index in [0.29, 0.717) is 24.5 Å². The van der Waals surface area contributed by atoms with E-state index in [1.54, 1.807) is 7.11 Å². The first-order valence-corrected chi connectivity index (χ1v) is 13.4. The van der Waals surface area contributed by atoms with E-state index in [9.17, 15) is 5.26 Å². The van der Waals surface area contributed by atoms with Gasteiger partial charge in [0.15, 0.2) is 19.8 Å². The molecule has 0 fully saturated rings. The first kappa shape index (κ1) is 24.0. The summed E-state index contributed by atoms with van der Waals surface area (Å²) in [5.41, 5.74) is 2.12. The highest BCUT2D eigenvalue weighted by atomic mass is 28.4. The molecule has 0 bridgehead atoms. The van der Waals surface area contributed by atoms with Crippen molar-refractivity contribution in [2.75, 3.05) is 7.11 Å². The lowest BCUT2D eigenvalue weighted by atomic mass is 9.95. The van der Waals surface area contributed by atoms with E-state index < -0.39 is 8.32 Å². The van der Waals surface area contributed by atoms with E-state index in [1.807, 2.05) is 48.5 Å². The van der Waals surface area contributed by atoms with Gasteiger partial charge < -0.3 is 13.9 Å². The number of rotatable bonds is 9. The Labute approximate surface area is 182 Å². The van der Waals surface area contributed by atoms with Gasteiger partial charge in [0.2, 0.25) is 0 Å². The van der Waals surface area contributed by atoms with Gasteiger partial charge in [-0.25, -0.2) is 0 Å². The van der Waals surface area contributed by atoms with Gasteiger partial charge in [-0.15, -0.1) is 0 Å². The largest absolute Gasteiger partial charge is 0.493 e. The smallest absolute Gasteiger partial charge is 0.192 e. The topological polar surface area (TPSA) is 51.5 Å². The van der Waals surface area contributed by atoms with E-state index in [2.05, 4.69) is 46.9 Å². The quantitative estimate of drug-likeness (QED) is 0.411. The predicted molar refractivity (Wildman–Crippen MR) is 124 cm³/mol. The van der Waals surface area contributed by atoms with Crippen LogP contribution in [0.3, 0.4) is 0 Å². The van der Waals surface area contributed by atoms with Gasteiger partial charge in [0, 0.05) is 6.42 Å². The fourth-order valence-corrected chi connectivity index (χ4v) is 4.33. The van der Waals surface area contributed by atoms with Gasteiger partial charge in [-0.1, -0.05) is 64.1 Å². The van der Waals surface area contributed by atoms with Gasteiger partial charge in [0.25, 0.3) is 0 Å². The van der Waals surface area contributed by atoms with Crippen molar-refractivity contribution in [1.82, 2.24) is 0 Å². The molecule has 0 spiro atoms. The first-order valence-electron chi connectivity index (χ1n) is 10.5. The maximum atomic E-state index is 9.27. The van der Waals surface area contributed by atoms with Gasteiger partial charge in [0.1, 0.15) is 6.61 Å². The number of nitriles is 1. The molecule has 0 aliphatic rings. The number of nitrogens with zero attached hydrogens (tertiary/aromatic N) is 1. The van der Waals surface area contributed by atoms with Crippen LogP contribution >= 0.6 is 0 Å². The number of hydrogen-bond donors (Lipinski definition) is 0. The molecule has 0 saturated carbocycles. The molecular formula is C25H35NO3Si. The molecule has 2 rings (SSSR count). The van der Waals surface area contributed by atoms with Gasteiger partial charge in [0.05, 0.1) is 19.3 Å². The van der Waals surface area contributed by atoms with Gasteiger partial charge in [-0.2, -0.15) is 5.26 Å². The molecule has 0 unspecified atom stereocenters. The molecule has 30 heavy (non-hydrogen) atoms. The first-order chi connectivity index (χ1) is 14.1. The molecule has 0 amide bonds. The van der Waals surface area contributed by atoms with Crippen LogP contribution in [0, 0.1) is 17.2 Å². The van der Waals surface area contributed by atoms with E-state index >= 15 is 0 Å². The molecule has 0 heterocycles. The summed E-state index contributed by atoms with van der Waals surface area (Å²) in [4.78, 5) is 0. The van der Waals surface area contributed by atoms with Crippen LogP contribution in [0.2, 0.25) is 18.1 Å². The molecule has 5 heteroatoms. The third-order valence-electron chi connectivity index (χ3n) is 5.91. The summed E-state index contributed by atoms with van der Waals surface area (Å²) in [5.74, 6) is 1.45. The van der Waals surface area contributed by atoms with Crippen LogP contribution in [-0.2, 0) is 11.0 Å². The molecule has 4 nitrogen and oxygen atoms in total. The Bertz CT molecular complexity index is 853. The Morgan fingerprint density at radius 1 is 1.03 bits per heavy atom. The molecule has 0 N–H and O–H groups in total. The Hall–Kier alpha value is -2.29. The van der Waals surface area contributed by atoms with Gasteiger partial charge in [-0.05, 0) is 47.3 Å². The van der Waals surface area contributed by atoms with Crippen molar-refractivity contribution in [3.8, 4) is 17.6 Å². The lowest BCUT2D eigenvalue weighted by Gasteiger charge is -2.41. The van der Waals surface area contributed by atoms with Crippen molar-refractivity contribution in [2.45, 2.75) is 65.0 Å². The summed E-state index contributed by atoms with van der Waals surface area (Å²) in [6.45, 7) is 13.7. The van der Waals surface area contributed by atoms with Crippen molar-refractivity contribution in [1.29, 1.82) is 5.26 Å². The van der Waals surface area contributed by atoms with Crippen molar-refractivity contribution < 1.29 is 13.9 Å². The molecule has 0 aromatic heterocycles. The van der Waals surface area contributed by atoms with Crippen LogP contribution in [0.25, 0.3) is 0 Å². The van der Waals surface area contributed by atoms with E-state index in [4.69, 9.17) is 13.9 Å². The molecule has 0 radical (unpaired) electrons. The van der Waals surface area contributed by atoms with Crippen molar-refractivity contribution in [3.05, 3.63) is 59.7 Å². The molecular weight excluding hydrogens is 390 g/mol. The predicted octanol–water partition coefficient (Wildman–Crippen LogP) is 6.89. The molecule has 0 saturated heterocycles. The lowest BCUT2D eigenvalue weighted by Crippen LogP contribution is -2.42. The standard InChI is InChI=1S/C25H35NO3Si/c1-19(15-16-26)24(29-30(6,7)25(2,3)4)21-13-14-22(23(17-21)27-5)28-18-20-11-9-8-10-12-20/h8-14,17,19,24H,15,18H2,1-7H3/t19-,24+/m1/s1. The summed E-state index contributed by atoms with van der Waals surface area (Å²) < 4.78 is 18.4. The second kappa shape index (κ2) is 10.1.